The van der Waals surface area contributed by atoms with Gasteiger partial charge in [0.15, 0.2) is 0 Å². The highest BCUT2D eigenvalue weighted by atomic mass is 79.9. The van der Waals surface area contributed by atoms with Gasteiger partial charge in [0.2, 0.25) is 0 Å². The first kappa shape index (κ1) is 12.1. The van der Waals surface area contributed by atoms with Crippen molar-refractivity contribution in [2.24, 2.45) is 0 Å². The second-order valence-electron chi connectivity index (χ2n) is 4.10. The Morgan fingerprint density at radius 3 is 2.76 bits per heavy atom. The SMILES string of the molecule is CC(=O)Cc1ccc(-c2cc(Br)ccc2C)o1. The number of hydrogen-bond acceptors (Lipinski definition) is 2. The van der Waals surface area contributed by atoms with E-state index in [1.807, 2.05) is 37.3 Å². The van der Waals surface area contributed by atoms with E-state index in [0.717, 1.165) is 21.4 Å². The van der Waals surface area contributed by atoms with Gasteiger partial charge < -0.3 is 4.42 Å². The van der Waals surface area contributed by atoms with Crippen LogP contribution in [-0.4, -0.2) is 5.78 Å². The molecule has 0 saturated carbocycles. The lowest BCUT2D eigenvalue weighted by molar-refractivity contribution is -0.116. The van der Waals surface area contributed by atoms with Crippen LogP contribution in [0, 0.1) is 6.92 Å². The predicted molar refractivity (Wildman–Crippen MR) is 71.0 cm³/mol. The van der Waals surface area contributed by atoms with Crippen LogP contribution in [0.15, 0.2) is 39.2 Å². The summed E-state index contributed by atoms with van der Waals surface area (Å²) in [6, 6.07) is 9.82. The predicted octanol–water partition coefficient (Wildman–Crippen LogP) is 4.15. The molecule has 2 aromatic rings. The Labute approximate surface area is 109 Å². The van der Waals surface area contributed by atoms with Gasteiger partial charge in [-0.2, -0.15) is 0 Å². The fraction of sp³-hybridized carbons (Fsp3) is 0.214. The Bertz CT molecular complexity index is 555. The molecule has 0 radical (unpaired) electrons. The minimum absolute atomic E-state index is 0.108. The summed E-state index contributed by atoms with van der Waals surface area (Å²) in [5.74, 6) is 1.63. The summed E-state index contributed by atoms with van der Waals surface area (Å²) in [6.45, 7) is 3.60. The lowest BCUT2D eigenvalue weighted by atomic mass is 10.1. The van der Waals surface area contributed by atoms with E-state index in [2.05, 4.69) is 15.9 Å². The molecule has 0 bridgehead atoms. The molecule has 0 N–H and O–H groups in total. The van der Waals surface area contributed by atoms with Gasteiger partial charge in [0.25, 0.3) is 0 Å². The van der Waals surface area contributed by atoms with Crippen molar-refractivity contribution in [3.8, 4) is 11.3 Å². The van der Waals surface area contributed by atoms with Gasteiger partial charge in [-0.1, -0.05) is 22.0 Å². The zero-order chi connectivity index (χ0) is 12.4. The van der Waals surface area contributed by atoms with Gasteiger partial charge in [0, 0.05) is 10.0 Å². The van der Waals surface area contributed by atoms with Gasteiger partial charge in [-0.15, -0.1) is 0 Å². The summed E-state index contributed by atoms with van der Waals surface area (Å²) < 4.78 is 6.69. The Hall–Kier alpha value is -1.35. The molecule has 1 heterocycles. The van der Waals surface area contributed by atoms with Gasteiger partial charge in [-0.25, -0.2) is 0 Å². The van der Waals surface area contributed by atoms with Crippen LogP contribution < -0.4 is 0 Å². The molecule has 88 valence electrons. The largest absolute Gasteiger partial charge is 0.461 e. The summed E-state index contributed by atoms with van der Waals surface area (Å²) in [7, 11) is 0. The highest BCUT2D eigenvalue weighted by molar-refractivity contribution is 9.10. The first-order valence-electron chi connectivity index (χ1n) is 5.41. The van der Waals surface area contributed by atoms with E-state index in [9.17, 15) is 4.79 Å². The van der Waals surface area contributed by atoms with Crippen molar-refractivity contribution in [3.05, 3.63) is 46.1 Å². The lowest BCUT2D eigenvalue weighted by Crippen LogP contribution is -1.93. The summed E-state index contributed by atoms with van der Waals surface area (Å²) in [6.07, 6.45) is 0.354. The summed E-state index contributed by atoms with van der Waals surface area (Å²) in [5, 5.41) is 0. The maximum atomic E-state index is 11.0. The van der Waals surface area contributed by atoms with Crippen LogP contribution >= 0.6 is 15.9 Å². The molecular weight excluding hydrogens is 280 g/mol. The van der Waals surface area contributed by atoms with Crippen molar-refractivity contribution in [2.75, 3.05) is 0 Å². The Kier molecular flexibility index (Phi) is 3.48. The van der Waals surface area contributed by atoms with Crippen LogP contribution in [0.1, 0.15) is 18.2 Å². The molecule has 0 spiro atoms. The number of benzene rings is 1. The molecule has 17 heavy (non-hydrogen) atoms. The van der Waals surface area contributed by atoms with E-state index in [0.29, 0.717) is 12.2 Å². The zero-order valence-electron chi connectivity index (χ0n) is 9.79. The maximum Gasteiger partial charge on any atom is 0.137 e. The molecule has 0 unspecified atom stereocenters. The molecule has 0 saturated heterocycles. The molecule has 0 aliphatic heterocycles. The summed E-state index contributed by atoms with van der Waals surface area (Å²) in [5.41, 5.74) is 2.20. The number of carbonyl (C=O) groups excluding carboxylic acids is 1. The lowest BCUT2D eigenvalue weighted by Gasteiger charge is -2.03. The Morgan fingerprint density at radius 2 is 2.06 bits per heavy atom. The molecule has 0 aliphatic carbocycles. The Balaban J connectivity index is 2.36. The molecule has 2 rings (SSSR count). The molecule has 0 fully saturated rings. The second kappa shape index (κ2) is 4.88. The van der Waals surface area contributed by atoms with Crippen LogP contribution in [-0.2, 0) is 11.2 Å². The van der Waals surface area contributed by atoms with Crippen molar-refractivity contribution in [1.29, 1.82) is 0 Å². The van der Waals surface area contributed by atoms with E-state index in [1.165, 1.54) is 0 Å². The van der Waals surface area contributed by atoms with Crippen LogP contribution in [0.25, 0.3) is 11.3 Å². The third kappa shape index (κ3) is 2.86. The topological polar surface area (TPSA) is 30.2 Å². The number of ketones is 1. The van der Waals surface area contributed by atoms with Crippen LogP contribution in [0.3, 0.4) is 0 Å². The number of hydrogen-bond donors (Lipinski definition) is 0. The maximum absolute atomic E-state index is 11.0. The molecule has 1 aromatic carbocycles. The quantitative estimate of drug-likeness (QED) is 0.851. The highest BCUT2D eigenvalue weighted by Gasteiger charge is 2.09. The van der Waals surface area contributed by atoms with Crippen LogP contribution in [0.4, 0.5) is 0 Å². The molecule has 3 heteroatoms. The van der Waals surface area contributed by atoms with Gasteiger partial charge in [0.1, 0.15) is 17.3 Å². The van der Waals surface area contributed by atoms with Crippen molar-refractivity contribution in [2.45, 2.75) is 20.3 Å². The number of carbonyl (C=O) groups is 1. The number of furan rings is 1. The molecule has 1 aromatic heterocycles. The van der Waals surface area contributed by atoms with Crippen LogP contribution in [0.2, 0.25) is 0 Å². The zero-order valence-corrected chi connectivity index (χ0v) is 11.4. The average Bonchev–Trinajstić information content (AvgIpc) is 2.69. The fourth-order valence-electron chi connectivity index (χ4n) is 1.72. The van der Waals surface area contributed by atoms with E-state index < -0.39 is 0 Å². The van der Waals surface area contributed by atoms with Gasteiger partial charge in [-0.05, 0) is 43.7 Å². The third-order valence-corrected chi connectivity index (χ3v) is 3.04. The first-order chi connectivity index (χ1) is 8.06. The smallest absolute Gasteiger partial charge is 0.137 e. The molecule has 0 amide bonds. The van der Waals surface area contributed by atoms with E-state index in [-0.39, 0.29) is 5.78 Å². The summed E-state index contributed by atoms with van der Waals surface area (Å²) >= 11 is 3.44. The van der Waals surface area contributed by atoms with Crippen molar-refractivity contribution in [1.82, 2.24) is 0 Å². The number of rotatable bonds is 3. The van der Waals surface area contributed by atoms with Crippen molar-refractivity contribution in [3.63, 3.8) is 0 Å². The normalized spacial score (nSPS) is 10.5. The minimum Gasteiger partial charge on any atom is -0.461 e. The average molecular weight is 293 g/mol. The van der Waals surface area contributed by atoms with Crippen molar-refractivity contribution < 1.29 is 9.21 Å². The minimum atomic E-state index is 0.108. The highest BCUT2D eigenvalue weighted by Crippen LogP contribution is 2.28. The fourth-order valence-corrected chi connectivity index (χ4v) is 2.08. The Morgan fingerprint density at radius 1 is 1.29 bits per heavy atom. The van der Waals surface area contributed by atoms with E-state index in [4.69, 9.17) is 4.42 Å². The second-order valence-corrected chi connectivity index (χ2v) is 5.02. The molecule has 0 aliphatic rings. The number of aryl methyl sites for hydroxylation is 1. The molecular formula is C14H13BrO2. The first-order valence-corrected chi connectivity index (χ1v) is 6.20. The number of Topliss-reactive ketones (excluding diaryl/α,β-unsaturated/α-hetero) is 1. The van der Waals surface area contributed by atoms with Gasteiger partial charge in [0.05, 0.1) is 6.42 Å². The molecule has 2 nitrogen and oxygen atoms in total. The van der Waals surface area contributed by atoms with Crippen molar-refractivity contribution >= 4 is 21.7 Å². The summed E-state index contributed by atoms with van der Waals surface area (Å²) in [4.78, 5) is 11.0. The monoisotopic (exact) mass is 292 g/mol. The van der Waals surface area contributed by atoms with Gasteiger partial charge >= 0.3 is 0 Å². The van der Waals surface area contributed by atoms with E-state index >= 15 is 0 Å². The standard InChI is InChI=1S/C14H13BrO2/c1-9-3-4-11(15)8-13(9)14-6-5-12(17-14)7-10(2)16/h3-6,8H,7H2,1-2H3. The van der Waals surface area contributed by atoms with Crippen LogP contribution in [0.5, 0.6) is 0 Å². The van der Waals surface area contributed by atoms with Gasteiger partial charge in [-0.3, -0.25) is 4.79 Å². The molecule has 0 atom stereocenters. The third-order valence-electron chi connectivity index (χ3n) is 2.55. The number of halogens is 1. The van der Waals surface area contributed by atoms with E-state index in [1.54, 1.807) is 6.92 Å².